The Morgan fingerprint density at radius 2 is 0.698 bits per heavy atom. The number of nitrogens with zero attached hydrogens (tertiary/aromatic N) is 13. The first-order valence-electron chi connectivity index (χ1n) is 40.5. The van der Waals surface area contributed by atoms with Crippen molar-refractivity contribution in [1.82, 2.24) is 62.3 Å². The van der Waals surface area contributed by atoms with Gasteiger partial charge in [-0.15, -0.1) is 167 Å². The number of methoxy groups -OCH3 is 1. The third-order valence-corrected chi connectivity index (χ3v) is 22.4. The molecule has 6 radical (unpaired) electrons. The van der Waals surface area contributed by atoms with E-state index in [2.05, 4.69) is 266 Å². The van der Waals surface area contributed by atoms with Crippen molar-refractivity contribution in [1.29, 1.82) is 0 Å². The molecule has 21 aromatic rings. The van der Waals surface area contributed by atoms with Gasteiger partial charge in [-0.05, 0) is 173 Å². The van der Waals surface area contributed by atoms with Crippen LogP contribution in [0.3, 0.4) is 0 Å². The molecule has 129 heavy (non-hydrogen) atoms. The summed E-state index contributed by atoms with van der Waals surface area (Å²) < 4.78 is 26.4. The minimum absolute atomic E-state index is 0. The molecule has 9 heterocycles. The fraction of sp³-hybridized carbons (Fsp3) is 0.112. The SMILES string of the molecule is COc1cc(C)c(-n2ccnc2-c2[c-]cncc2)c(C)c1.Cc1cc(C)c(-n2ccnc2-c2[c-]cc3sc4ccccc4c3c2)c(C)c1.Cc1cc(C)c(-n2ccnc2-c2[c-]cccc2)c(C)c1.Cc1cccc(C)c1-n1ccnc1-c1[c-]cc2oc3ccccc3c2c1.Cn1ccnc1-c1[c-]cccc1.[Ir].[Ir].[Ir].[Ir].[Ir].[Ir].[c-]1ccccc1-c1nccn1-c1ccccc1. The average molecular weight is 2770 g/mol. The minimum Gasteiger partial charge on any atom is -0.500 e. The summed E-state index contributed by atoms with van der Waals surface area (Å²) in [4.78, 5) is 30.9. The smallest absolute Gasteiger partial charge is 0.120 e. The molecule has 0 aliphatic carbocycles. The summed E-state index contributed by atoms with van der Waals surface area (Å²) in [6.45, 7) is 21.3. The summed E-state index contributed by atoms with van der Waals surface area (Å²) >= 11 is 1.82. The van der Waals surface area contributed by atoms with Crippen molar-refractivity contribution < 1.29 is 130 Å². The van der Waals surface area contributed by atoms with Crippen LogP contribution < -0.4 is 4.74 Å². The molecule has 660 valence electrons. The molecule has 0 amide bonds. The van der Waals surface area contributed by atoms with E-state index in [0.717, 1.165) is 119 Å². The molecular formula is C107H89Ir6N13O2S-6. The molecule has 0 N–H and O–H groups in total. The molecule has 0 aliphatic heterocycles. The largest absolute Gasteiger partial charge is 0.500 e. The maximum atomic E-state index is 5.92. The van der Waals surface area contributed by atoms with E-state index in [1.165, 1.54) is 81.7 Å². The zero-order chi connectivity index (χ0) is 85.0. The van der Waals surface area contributed by atoms with E-state index in [1.807, 2.05) is 218 Å². The van der Waals surface area contributed by atoms with Crippen molar-refractivity contribution in [3.8, 4) is 103 Å². The van der Waals surface area contributed by atoms with Crippen molar-refractivity contribution in [3.63, 3.8) is 0 Å². The maximum Gasteiger partial charge on any atom is 0.120 e. The van der Waals surface area contributed by atoms with Crippen molar-refractivity contribution in [2.24, 2.45) is 7.05 Å². The first-order chi connectivity index (χ1) is 60.0. The summed E-state index contributed by atoms with van der Waals surface area (Å²) in [5.74, 6) is 6.34. The second-order valence-corrected chi connectivity index (χ2v) is 31.2. The standard InChI is InChI=1S/C24H19N2S.C23H17N2O.C18H17N2.C17H16N3O.C15H11N2.C10H9N2.6Ir/c1-15-12-16(2)23(17(3)13-15)26-11-10-25-24(26)18-8-9-22-20(14-18)19-6-4-5-7-21(19)27-22;1-15-6-5-7-16(2)22(15)25-13-12-24-23(25)17-10-11-21-19(14-17)18-8-3-4-9-20(18)26-21;1-13-11-14(2)17(15(3)12-13)20-10-9-19-18(20)16-7-5-4-6-8-16;1-12-10-15(21-3)11-13(2)16(12)20-9-8-19-17(20)14-4-6-18-7-5-14;1-3-7-13(8-4-1)15-16-11-12-17(15)14-9-5-2-6-10-14;1-12-8-7-11-10(12)9-5-3-2-4-6-9;;;;;;/h4-7,9-14H,1-3H3;3-9,11-14H,1-2H3;4-7,9-12H,1-3H3;4,6-11H,1-3H3;1-7,9-12H;2-5,7-8H,1H3;;;;;;/q6*-1;;;;;;. The number of aryl methyl sites for hydroxylation is 11. The molecule has 22 heteroatoms. The number of fused-ring (bicyclic) bond motifs is 6. The van der Waals surface area contributed by atoms with Gasteiger partial charge < -0.3 is 41.5 Å². The predicted molar refractivity (Wildman–Crippen MR) is 499 cm³/mol. The van der Waals surface area contributed by atoms with Crippen LogP contribution in [0, 0.1) is 106 Å². The van der Waals surface area contributed by atoms with Gasteiger partial charge in [-0.2, -0.15) is 17.4 Å². The predicted octanol–water partition coefficient (Wildman–Crippen LogP) is 25.3. The van der Waals surface area contributed by atoms with Gasteiger partial charge in [0.2, 0.25) is 0 Å². The van der Waals surface area contributed by atoms with Crippen LogP contribution in [0.4, 0.5) is 0 Å². The number of para-hydroxylation sites is 3. The summed E-state index contributed by atoms with van der Waals surface area (Å²) in [5, 5.41) is 4.78. The van der Waals surface area contributed by atoms with Crippen LogP contribution >= 0.6 is 11.3 Å². The Hall–Kier alpha value is -11.2. The number of pyridine rings is 1. The molecular weight excluding hydrogens is 2680 g/mol. The van der Waals surface area contributed by atoms with E-state index >= 15 is 0 Å². The molecule has 0 fully saturated rings. The molecule has 0 bridgehead atoms. The number of ether oxygens (including phenoxy) is 1. The van der Waals surface area contributed by atoms with Crippen LogP contribution in [0.25, 0.3) is 139 Å². The quantitative estimate of drug-likeness (QED) is 0.109. The summed E-state index contributed by atoms with van der Waals surface area (Å²) in [5.41, 5.74) is 25.8. The van der Waals surface area contributed by atoms with Crippen molar-refractivity contribution in [2.75, 3.05) is 7.11 Å². The summed E-state index contributed by atoms with van der Waals surface area (Å²) in [6.07, 6.45) is 26.3. The number of furan rings is 1. The molecule has 0 saturated carbocycles. The van der Waals surface area contributed by atoms with Gasteiger partial charge in [-0.1, -0.05) is 119 Å². The molecule has 0 unspecified atom stereocenters. The Kier molecular flexibility index (Phi) is 35.9. The van der Waals surface area contributed by atoms with Gasteiger partial charge in [0, 0.05) is 246 Å². The molecule has 0 saturated heterocycles. The monoisotopic (exact) mass is 2780 g/mol. The molecule has 0 atom stereocenters. The van der Waals surface area contributed by atoms with E-state index in [1.54, 1.807) is 31.9 Å². The summed E-state index contributed by atoms with van der Waals surface area (Å²) in [6, 6.07) is 99.5. The Bertz CT molecular complexity index is 7080. The fourth-order valence-electron chi connectivity index (χ4n) is 16.0. The molecule has 21 rings (SSSR count). The van der Waals surface area contributed by atoms with E-state index in [4.69, 9.17) is 9.15 Å². The van der Waals surface area contributed by atoms with Gasteiger partial charge in [0.1, 0.15) is 11.3 Å². The third kappa shape index (κ3) is 22.6. The van der Waals surface area contributed by atoms with Crippen LogP contribution in [-0.4, -0.2) is 69.4 Å². The second-order valence-electron chi connectivity index (χ2n) is 30.1. The zero-order valence-electron chi connectivity index (χ0n) is 72.6. The normalized spacial score (nSPS) is 10.4. The Labute approximate surface area is 838 Å². The zero-order valence-corrected chi connectivity index (χ0v) is 87.8. The first kappa shape index (κ1) is 99.9. The number of hydrogen-bond donors (Lipinski definition) is 0. The first-order valence-corrected chi connectivity index (χ1v) is 41.3. The number of rotatable bonds is 12. The van der Waals surface area contributed by atoms with E-state index < -0.39 is 0 Å². The molecule has 0 spiro atoms. The Morgan fingerprint density at radius 1 is 0.302 bits per heavy atom. The van der Waals surface area contributed by atoms with Crippen LogP contribution in [-0.2, 0) is 128 Å². The molecule has 0 aliphatic rings. The molecule has 9 aromatic heterocycles. The number of thiophene rings is 1. The van der Waals surface area contributed by atoms with Crippen LogP contribution in [0.15, 0.2) is 328 Å². The van der Waals surface area contributed by atoms with Gasteiger partial charge >= 0.3 is 0 Å². The maximum absolute atomic E-state index is 5.92. The van der Waals surface area contributed by atoms with Crippen LogP contribution in [0.5, 0.6) is 5.75 Å². The van der Waals surface area contributed by atoms with Gasteiger partial charge in [-0.25, -0.2) is 0 Å². The van der Waals surface area contributed by atoms with Crippen molar-refractivity contribution in [3.05, 3.63) is 415 Å². The molecule has 15 nitrogen and oxygen atoms in total. The number of benzene rings is 12. The van der Waals surface area contributed by atoms with Crippen LogP contribution in [0.1, 0.15) is 55.6 Å². The Morgan fingerprint density at radius 3 is 1.16 bits per heavy atom. The topological polar surface area (TPSA) is 142 Å². The van der Waals surface area contributed by atoms with E-state index in [0.29, 0.717) is 0 Å². The van der Waals surface area contributed by atoms with E-state index in [-0.39, 0.29) is 121 Å². The molecule has 12 aromatic carbocycles. The second kappa shape index (κ2) is 46.3. The number of hydrogen-bond acceptors (Lipinski definition) is 10. The minimum atomic E-state index is 0. The van der Waals surface area contributed by atoms with Gasteiger partial charge in [-0.3, -0.25) is 29.9 Å². The van der Waals surface area contributed by atoms with Gasteiger partial charge in [0.25, 0.3) is 0 Å². The number of imidazole rings is 6. The van der Waals surface area contributed by atoms with Crippen LogP contribution in [0.2, 0.25) is 0 Å². The van der Waals surface area contributed by atoms with Crippen molar-refractivity contribution >= 4 is 53.4 Å². The van der Waals surface area contributed by atoms with Gasteiger partial charge in [0.15, 0.2) is 0 Å². The van der Waals surface area contributed by atoms with E-state index in [9.17, 15) is 0 Å². The summed E-state index contributed by atoms with van der Waals surface area (Å²) in [7, 11) is 3.66. The fourth-order valence-corrected chi connectivity index (χ4v) is 17.1. The third-order valence-electron chi connectivity index (χ3n) is 21.2. The average Bonchev–Trinajstić information content (AvgIpc) is 1.63. The Balaban J connectivity index is 0.000000162. The van der Waals surface area contributed by atoms with Crippen molar-refractivity contribution in [2.45, 2.75) is 69.2 Å². The van der Waals surface area contributed by atoms with Gasteiger partial charge in [0.05, 0.1) is 41.8 Å². The number of aromatic nitrogens is 13.